The first-order valence-corrected chi connectivity index (χ1v) is 6.49. The molecule has 5 heteroatoms. The summed E-state index contributed by atoms with van der Waals surface area (Å²) < 4.78 is 7.60. The van der Waals surface area contributed by atoms with Crippen LogP contribution in [0.2, 0.25) is 0 Å². The van der Waals surface area contributed by atoms with Crippen LogP contribution in [0.1, 0.15) is 31.3 Å². The number of nitrogens with one attached hydrogen (secondary N) is 1. The van der Waals surface area contributed by atoms with Gasteiger partial charge in [-0.05, 0) is 31.2 Å². The van der Waals surface area contributed by atoms with E-state index in [1.165, 1.54) is 5.56 Å². The number of aryl methyl sites for hydroxylation is 1. The molecule has 0 spiro atoms. The first-order valence-electron chi connectivity index (χ1n) is 6.49. The van der Waals surface area contributed by atoms with E-state index in [-0.39, 0.29) is 0 Å². The Labute approximate surface area is 113 Å². The Morgan fingerprint density at radius 1 is 1.42 bits per heavy atom. The summed E-state index contributed by atoms with van der Waals surface area (Å²) in [7, 11) is 1.91. The fourth-order valence-electron chi connectivity index (χ4n) is 1.88. The van der Waals surface area contributed by atoms with Crippen LogP contribution in [0.5, 0.6) is 5.75 Å². The molecular formula is C14H20N4O. The number of rotatable bonds is 6. The van der Waals surface area contributed by atoms with Crippen molar-refractivity contribution in [2.24, 2.45) is 7.05 Å². The van der Waals surface area contributed by atoms with E-state index in [0.717, 1.165) is 18.1 Å². The van der Waals surface area contributed by atoms with Crippen LogP contribution in [0.15, 0.2) is 30.6 Å². The minimum atomic E-state index is 0.323. The molecular weight excluding hydrogens is 240 g/mol. The molecule has 0 aliphatic rings. The second-order valence-electron chi connectivity index (χ2n) is 4.50. The normalized spacial score (nSPS) is 12.4. The topological polar surface area (TPSA) is 52.0 Å². The quantitative estimate of drug-likeness (QED) is 0.864. The molecule has 0 saturated heterocycles. The van der Waals surface area contributed by atoms with Gasteiger partial charge in [0, 0.05) is 13.1 Å². The summed E-state index contributed by atoms with van der Waals surface area (Å²) in [6.45, 7) is 5.62. The molecule has 2 aromatic rings. The van der Waals surface area contributed by atoms with E-state index < -0.39 is 0 Å². The molecule has 102 valence electrons. The average Bonchev–Trinajstić information content (AvgIpc) is 2.82. The lowest BCUT2D eigenvalue weighted by Crippen LogP contribution is -2.17. The lowest BCUT2D eigenvalue weighted by Gasteiger charge is -2.14. The van der Waals surface area contributed by atoms with Gasteiger partial charge in [-0.2, -0.15) is 0 Å². The van der Waals surface area contributed by atoms with Crippen LogP contribution in [-0.2, 0) is 13.7 Å². The number of hydrogen-bond donors (Lipinski definition) is 1. The molecule has 0 amide bonds. The van der Waals surface area contributed by atoms with Gasteiger partial charge in [0.1, 0.15) is 18.7 Å². The maximum Gasteiger partial charge on any atom is 0.170 e. The van der Waals surface area contributed by atoms with Gasteiger partial charge in [-0.25, -0.2) is 0 Å². The SMILES string of the molecule is CCNC(C)c1cccc(OCc2nncn2C)c1. The Kier molecular flexibility index (Phi) is 4.52. The molecule has 0 aliphatic carbocycles. The zero-order chi connectivity index (χ0) is 13.7. The van der Waals surface area contributed by atoms with Gasteiger partial charge in [0.2, 0.25) is 0 Å². The molecule has 0 bridgehead atoms. The highest BCUT2D eigenvalue weighted by atomic mass is 16.5. The molecule has 0 aliphatic heterocycles. The molecule has 1 atom stereocenters. The van der Waals surface area contributed by atoms with Gasteiger partial charge < -0.3 is 14.6 Å². The number of hydrogen-bond acceptors (Lipinski definition) is 4. The molecule has 19 heavy (non-hydrogen) atoms. The Morgan fingerprint density at radius 2 is 2.26 bits per heavy atom. The summed E-state index contributed by atoms with van der Waals surface area (Å²) in [6, 6.07) is 8.45. The van der Waals surface area contributed by atoms with Crippen molar-refractivity contribution in [2.75, 3.05) is 6.54 Å². The van der Waals surface area contributed by atoms with Gasteiger partial charge in [-0.1, -0.05) is 19.1 Å². The van der Waals surface area contributed by atoms with Crippen LogP contribution in [0, 0.1) is 0 Å². The molecule has 1 aromatic heterocycles. The van der Waals surface area contributed by atoms with Crippen molar-refractivity contribution in [3.05, 3.63) is 42.0 Å². The molecule has 0 saturated carbocycles. The number of aromatic nitrogens is 3. The molecule has 1 heterocycles. The smallest absolute Gasteiger partial charge is 0.170 e. The predicted octanol–water partition coefficient (Wildman–Crippen LogP) is 2.06. The number of benzene rings is 1. The van der Waals surface area contributed by atoms with Crippen LogP contribution in [0.3, 0.4) is 0 Å². The molecule has 2 rings (SSSR count). The monoisotopic (exact) mass is 260 g/mol. The second kappa shape index (κ2) is 6.33. The van der Waals surface area contributed by atoms with Gasteiger partial charge in [0.25, 0.3) is 0 Å². The Balaban J connectivity index is 2.01. The Morgan fingerprint density at radius 3 is 2.95 bits per heavy atom. The van der Waals surface area contributed by atoms with Crippen LogP contribution < -0.4 is 10.1 Å². The first kappa shape index (κ1) is 13.5. The number of nitrogens with zero attached hydrogens (tertiary/aromatic N) is 3. The lowest BCUT2D eigenvalue weighted by atomic mass is 10.1. The highest BCUT2D eigenvalue weighted by Crippen LogP contribution is 2.19. The third-order valence-corrected chi connectivity index (χ3v) is 3.04. The van der Waals surface area contributed by atoms with E-state index in [1.54, 1.807) is 6.33 Å². The van der Waals surface area contributed by atoms with Crippen LogP contribution in [0.4, 0.5) is 0 Å². The highest BCUT2D eigenvalue weighted by molar-refractivity contribution is 5.30. The molecule has 0 fully saturated rings. The fraction of sp³-hybridized carbons (Fsp3) is 0.429. The van der Waals surface area contributed by atoms with Crippen LogP contribution in [-0.4, -0.2) is 21.3 Å². The van der Waals surface area contributed by atoms with E-state index in [4.69, 9.17) is 4.74 Å². The van der Waals surface area contributed by atoms with Crippen molar-refractivity contribution in [1.29, 1.82) is 0 Å². The fourth-order valence-corrected chi connectivity index (χ4v) is 1.88. The third kappa shape index (κ3) is 3.54. The summed E-state index contributed by atoms with van der Waals surface area (Å²) in [4.78, 5) is 0. The maximum atomic E-state index is 5.75. The van der Waals surface area contributed by atoms with E-state index in [9.17, 15) is 0 Å². The van der Waals surface area contributed by atoms with Gasteiger partial charge in [-0.3, -0.25) is 0 Å². The number of ether oxygens (including phenoxy) is 1. The molecule has 1 aromatic carbocycles. The minimum absolute atomic E-state index is 0.323. The summed E-state index contributed by atoms with van der Waals surface area (Å²) >= 11 is 0. The largest absolute Gasteiger partial charge is 0.486 e. The predicted molar refractivity (Wildman–Crippen MR) is 73.9 cm³/mol. The van der Waals surface area contributed by atoms with Crippen LogP contribution in [0.25, 0.3) is 0 Å². The summed E-state index contributed by atoms with van der Waals surface area (Å²) in [5, 5.41) is 11.2. The van der Waals surface area contributed by atoms with Crippen molar-refractivity contribution < 1.29 is 4.74 Å². The third-order valence-electron chi connectivity index (χ3n) is 3.04. The zero-order valence-electron chi connectivity index (χ0n) is 11.6. The van der Waals surface area contributed by atoms with Crippen molar-refractivity contribution in [3.8, 4) is 5.75 Å². The van der Waals surface area contributed by atoms with Gasteiger partial charge >= 0.3 is 0 Å². The van der Waals surface area contributed by atoms with Gasteiger partial charge in [0.15, 0.2) is 5.82 Å². The second-order valence-corrected chi connectivity index (χ2v) is 4.50. The zero-order valence-corrected chi connectivity index (χ0v) is 11.6. The average molecular weight is 260 g/mol. The van der Waals surface area contributed by atoms with Gasteiger partial charge in [-0.15, -0.1) is 10.2 Å². The maximum absolute atomic E-state index is 5.75. The Hall–Kier alpha value is -1.88. The standard InChI is InChI=1S/C14H20N4O/c1-4-15-11(2)12-6-5-7-13(8-12)19-9-14-17-16-10-18(14)3/h5-8,10-11,15H,4,9H2,1-3H3. The lowest BCUT2D eigenvalue weighted by molar-refractivity contribution is 0.290. The van der Waals surface area contributed by atoms with Crippen molar-refractivity contribution >= 4 is 0 Å². The summed E-state index contributed by atoms with van der Waals surface area (Å²) in [5.74, 6) is 1.66. The van der Waals surface area contributed by atoms with Crippen LogP contribution >= 0.6 is 0 Å². The van der Waals surface area contributed by atoms with E-state index in [0.29, 0.717) is 12.6 Å². The molecule has 0 radical (unpaired) electrons. The summed E-state index contributed by atoms with van der Waals surface area (Å²) in [5.41, 5.74) is 1.22. The molecule has 5 nitrogen and oxygen atoms in total. The van der Waals surface area contributed by atoms with E-state index >= 15 is 0 Å². The first-order chi connectivity index (χ1) is 9.20. The molecule has 1 unspecified atom stereocenters. The van der Waals surface area contributed by atoms with Crippen molar-refractivity contribution in [1.82, 2.24) is 20.1 Å². The van der Waals surface area contributed by atoms with Crippen molar-refractivity contribution in [3.63, 3.8) is 0 Å². The summed E-state index contributed by atoms with van der Waals surface area (Å²) in [6.07, 6.45) is 1.67. The highest BCUT2D eigenvalue weighted by Gasteiger charge is 2.06. The van der Waals surface area contributed by atoms with Crippen molar-refractivity contribution in [2.45, 2.75) is 26.5 Å². The Bertz CT molecular complexity index is 524. The molecule has 1 N–H and O–H groups in total. The van der Waals surface area contributed by atoms with Gasteiger partial charge in [0.05, 0.1) is 0 Å². The van der Waals surface area contributed by atoms with E-state index in [2.05, 4.69) is 41.5 Å². The minimum Gasteiger partial charge on any atom is -0.486 e. The van der Waals surface area contributed by atoms with E-state index in [1.807, 2.05) is 23.7 Å².